The van der Waals surface area contributed by atoms with Crippen LogP contribution in [0.5, 0.6) is 0 Å². The van der Waals surface area contributed by atoms with E-state index in [1.54, 1.807) is 36.4 Å². The number of rotatable bonds is 4. The van der Waals surface area contributed by atoms with Gasteiger partial charge in [-0.1, -0.05) is 29.8 Å². The van der Waals surface area contributed by atoms with E-state index in [0.717, 1.165) is 11.1 Å². The maximum Gasteiger partial charge on any atom is 0.182 e. The summed E-state index contributed by atoms with van der Waals surface area (Å²) >= 11 is 0. The van der Waals surface area contributed by atoms with Crippen LogP contribution in [0.4, 0.5) is 4.39 Å². The van der Waals surface area contributed by atoms with Crippen LogP contribution >= 0.6 is 0 Å². The van der Waals surface area contributed by atoms with Gasteiger partial charge in [0.1, 0.15) is 5.82 Å². The van der Waals surface area contributed by atoms with Crippen LogP contribution < -0.4 is 5.73 Å². The average Bonchev–Trinajstić information content (AvgIpc) is 3.24. The molecule has 0 aliphatic heterocycles. The van der Waals surface area contributed by atoms with Crippen LogP contribution in [0, 0.1) is 18.7 Å². The minimum absolute atomic E-state index is 0.114. The van der Waals surface area contributed by atoms with Crippen molar-refractivity contribution in [2.24, 2.45) is 11.7 Å². The summed E-state index contributed by atoms with van der Waals surface area (Å²) in [4.78, 5) is 0.325. The van der Waals surface area contributed by atoms with Gasteiger partial charge < -0.3 is 5.73 Å². The van der Waals surface area contributed by atoms with E-state index >= 15 is 0 Å². The van der Waals surface area contributed by atoms with Crippen molar-refractivity contribution in [2.75, 3.05) is 6.54 Å². The Bertz CT molecular complexity index is 769. The third kappa shape index (κ3) is 2.55. The van der Waals surface area contributed by atoms with Crippen molar-refractivity contribution in [1.29, 1.82) is 0 Å². The zero-order chi connectivity index (χ0) is 15.9. The normalized spacial score (nSPS) is 24.2. The smallest absolute Gasteiger partial charge is 0.182 e. The van der Waals surface area contributed by atoms with Gasteiger partial charge in [-0.05, 0) is 49.2 Å². The number of sulfone groups is 1. The van der Waals surface area contributed by atoms with Crippen molar-refractivity contribution in [1.82, 2.24) is 0 Å². The Labute approximate surface area is 129 Å². The Kier molecular flexibility index (Phi) is 3.78. The van der Waals surface area contributed by atoms with Gasteiger partial charge in [-0.3, -0.25) is 0 Å². The number of halogens is 1. The molecule has 1 aliphatic carbocycles. The summed E-state index contributed by atoms with van der Waals surface area (Å²) in [5.74, 6) is -0.597. The molecule has 1 saturated carbocycles. The van der Waals surface area contributed by atoms with Gasteiger partial charge >= 0.3 is 0 Å². The zero-order valence-corrected chi connectivity index (χ0v) is 13.1. The Balaban J connectivity index is 1.93. The minimum Gasteiger partial charge on any atom is -0.330 e. The quantitative estimate of drug-likeness (QED) is 0.942. The largest absolute Gasteiger partial charge is 0.330 e. The summed E-state index contributed by atoms with van der Waals surface area (Å²) in [5.41, 5.74) is 7.59. The Morgan fingerprint density at radius 1 is 1.05 bits per heavy atom. The molecule has 0 radical (unpaired) electrons. The molecule has 2 aromatic rings. The first kappa shape index (κ1) is 15.2. The lowest BCUT2D eigenvalue weighted by Gasteiger charge is -2.05. The van der Waals surface area contributed by atoms with Crippen LogP contribution in [0.25, 0.3) is 0 Å². The first-order valence-electron chi connectivity index (χ1n) is 7.21. The molecule has 0 heterocycles. The van der Waals surface area contributed by atoms with E-state index in [-0.39, 0.29) is 17.7 Å². The van der Waals surface area contributed by atoms with Crippen molar-refractivity contribution >= 4 is 9.84 Å². The van der Waals surface area contributed by atoms with E-state index in [1.165, 1.54) is 12.1 Å². The lowest BCUT2D eigenvalue weighted by molar-refractivity contribution is 0.591. The molecule has 2 N–H and O–H groups in total. The molecule has 0 aromatic heterocycles. The first-order valence-corrected chi connectivity index (χ1v) is 8.76. The van der Waals surface area contributed by atoms with Crippen molar-refractivity contribution in [3.8, 4) is 0 Å². The highest BCUT2D eigenvalue weighted by Crippen LogP contribution is 2.53. The highest BCUT2D eigenvalue weighted by Gasteiger charge is 2.57. The summed E-state index contributed by atoms with van der Waals surface area (Å²) in [6, 6.07) is 12.9. The molecule has 3 atom stereocenters. The van der Waals surface area contributed by atoms with Crippen molar-refractivity contribution in [3.05, 3.63) is 65.5 Å². The Morgan fingerprint density at radius 2 is 1.64 bits per heavy atom. The van der Waals surface area contributed by atoms with Crippen LogP contribution in [-0.2, 0) is 9.84 Å². The molecule has 0 saturated heterocycles. The molecule has 22 heavy (non-hydrogen) atoms. The van der Waals surface area contributed by atoms with Gasteiger partial charge in [0.05, 0.1) is 10.1 Å². The van der Waals surface area contributed by atoms with Crippen LogP contribution in [0.2, 0.25) is 0 Å². The molecule has 2 aromatic carbocycles. The molecule has 1 fully saturated rings. The minimum atomic E-state index is -3.43. The summed E-state index contributed by atoms with van der Waals surface area (Å²) in [6.07, 6.45) is 0. The van der Waals surface area contributed by atoms with Crippen molar-refractivity contribution < 1.29 is 12.8 Å². The van der Waals surface area contributed by atoms with E-state index in [1.807, 2.05) is 6.92 Å². The highest BCUT2D eigenvalue weighted by atomic mass is 32.2. The van der Waals surface area contributed by atoms with Gasteiger partial charge in [0.2, 0.25) is 0 Å². The number of aryl methyl sites for hydroxylation is 1. The second kappa shape index (κ2) is 5.48. The van der Waals surface area contributed by atoms with Crippen LogP contribution in [0.3, 0.4) is 0 Å². The second-order valence-electron chi connectivity index (χ2n) is 5.80. The van der Waals surface area contributed by atoms with Gasteiger partial charge in [-0.15, -0.1) is 0 Å². The maximum absolute atomic E-state index is 13.0. The molecule has 3 nitrogen and oxygen atoms in total. The first-order chi connectivity index (χ1) is 10.4. The third-order valence-electron chi connectivity index (χ3n) is 4.33. The maximum atomic E-state index is 13.0. The fourth-order valence-electron chi connectivity index (χ4n) is 3.05. The SMILES string of the molecule is Cc1ccc(S(=O)(=O)[C@@H]2[C@@H](CN)[C@H]2c2ccc(F)cc2)cc1. The number of hydrogen-bond acceptors (Lipinski definition) is 3. The summed E-state index contributed by atoms with van der Waals surface area (Å²) in [5, 5.41) is -0.523. The molecular weight excluding hydrogens is 301 g/mol. The van der Waals surface area contributed by atoms with Gasteiger partial charge in [-0.2, -0.15) is 0 Å². The molecule has 116 valence electrons. The second-order valence-corrected chi connectivity index (χ2v) is 7.91. The van der Waals surface area contributed by atoms with E-state index in [4.69, 9.17) is 5.73 Å². The standard InChI is InChI=1S/C17H18FNO2S/c1-11-2-8-14(9-3-11)22(20,21)17-15(10-19)16(17)12-4-6-13(18)7-5-12/h2-9,15-17H,10,19H2,1H3/t15-,16+,17+/m0/s1. The monoisotopic (exact) mass is 319 g/mol. The summed E-state index contributed by atoms with van der Waals surface area (Å²) in [7, 11) is -3.43. The molecule has 3 rings (SSSR count). The summed E-state index contributed by atoms with van der Waals surface area (Å²) < 4.78 is 38.6. The van der Waals surface area contributed by atoms with Crippen molar-refractivity contribution in [2.45, 2.75) is 23.0 Å². The molecule has 0 unspecified atom stereocenters. The molecule has 5 heteroatoms. The lowest BCUT2D eigenvalue weighted by Crippen LogP contribution is -2.13. The predicted molar refractivity (Wildman–Crippen MR) is 83.8 cm³/mol. The average molecular weight is 319 g/mol. The van der Waals surface area contributed by atoms with E-state index in [2.05, 4.69) is 0 Å². The van der Waals surface area contributed by atoms with Gasteiger partial charge in [0, 0.05) is 5.92 Å². The Hall–Kier alpha value is -1.72. The van der Waals surface area contributed by atoms with Gasteiger partial charge in [0.25, 0.3) is 0 Å². The van der Waals surface area contributed by atoms with Gasteiger partial charge in [0.15, 0.2) is 9.84 Å². The van der Waals surface area contributed by atoms with E-state index in [0.29, 0.717) is 11.4 Å². The fraction of sp³-hybridized carbons (Fsp3) is 0.294. The molecule has 0 bridgehead atoms. The topological polar surface area (TPSA) is 60.2 Å². The van der Waals surface area contributed by atoms with Crippen LogP contribution in [0.15, 0.2) is 53.4 Å². The fourth-order valence-corrected chi connectivity index (χ4v) is 5.28. The molecule has 1 aliphatic rings. The third-order valence-corrected chi connectivity index (χ3v) is 6.62. The number of hydrogen-bond donors (Lipinski definition) is 1. The summed E-state index contributed by atoms with van der Waals surface area (Å²) in [6.45, 7) is 2.22. The lowest BCUT2D eigenvalue weighted by atomic mass is 10.1. The van der Waals surface area contributed by atoms with E-state index < -0.39 is 15.1 Å². The van der Waals surface area contributed by atoms with Crippen molar-refractivity contribution in [3.63, 3.8) is 0 Å². The number of benzene rings is 2. The molecule has 0 spiro atoms. The zero-order valence-electron chi connectivity index (χ0n) is 12.2. The molecular formula is C17H18FNO2S. The van der Waals surface area contributed by atoms with E-state index in [9.17, 15) is 12.8 Å². The highest BCUT2D eigenvalue weighted by molar-refractivity contribution is 7.92. The molecule has 0 amide bonds. The Morgan fingerprint density at radius 3 is 2.18 bits per heavy atom. The van der Waals surface area contributed by atoms with Crippen LogP contribution in [-0.4, -0.2) is 20.2 Å². The van der Waals surface area contributed by atoms with Gasteiger partial charge in [-0.25, -0.2) is 12.8 Å². The predicted octanol–water partition coefficient (Wildman–Crippen LogP) is 2.65. The van der Waals surface area contributed by atoms with Crippen LogP contribution in [0.1, 0.15) is 17.0 Å². The number of nitrogens with two attached hydrogens (primary N) is 1.